The summed E-state index contributed by atoms with van der Waals surface area (Å²) in [6.07, 6.45) is -0.787. The number of carbonyl (C=O) groups excluding carboxylic acids is 4. The van der Waals surface area contributed by atoms with Crippen LogP contribution in [0.1, 0.15) is 62.5 Å². The molecule has 1 fully saturated rings. The fourth-order valence-electron chi connectivity index (χ4n) is 7.20. The molecule has 0 spiro atoms. The first kappa shape index (κ1) is 43.2. The lowest BCUT2D eigenvalue weighted by Crippen LogP contribution is -2.58. The molecule has 14 heteroatoms. The van der Waals surface area contributed by atoms with Gasteiger partial charge in [-0.3, -0.25) is 19.2 Å². The first-order chi connectivity index (χ1) is 28.2. The zero-order valence-electron chi connectivity index (χ0n) is 34.2. The van der Waals surface area contributed by atoms with Gasteiger partial charge in [0.05, 0.1) is 60.3 Å². The van der Waals surface area contributed by atoms with Crippen LogP contribution in [-0.4, -0.2) is 96.4 Å². The highest BCUT2D eigenvalue weighted by atomic mass is 32.1. The summed E-state index contributed by atoms with van der Waals surface area (Å²) < 4.78 is 16.9. The quantitative estimate of drug-likeness (QED) is 0.0929. The molecule has 0 saturated carbocycles. The number of ether oxygens (including phenoxy) is 3. The molecule has 0 unspecified atom stereocenters. The minimum absolute atomic E-state index is 0.0212. The van der Waals surface area contributed by atoms with Crippen molar-refractivity contribution >= 4 is 46.2 Å². The Balaban J connectivity index is 0.902. The number of hydrogen-bond donors (Lipinski definition) is 3. The van der Waals surface area contributed by atoms with Crippen molar-refractivity contribution in [1.82, 2.24) is 20.5 Å². The molecule has 3 heterocycles. The van der Waals surface area contributed by atoms with E-state index in [2.05, 4.69) is 22.2 Å². The highest BCUT2D eigenvalue weighted by Gasteiger charge is 2.44. The Bertz CT molecular complexity index is 2130. The lowest BCUT2D eigenvalue weighted by Gasteiger charge is -2.35. The summed E-state index contributed by atoms with van der Waals surface area (Å²) in [5, 5.41) is 16.4. The van der Waals surface area contributed by atoms with Crippen LogP contribution in [-0.2, 0) is 35.2 Å². The number of β-amino-alcohol motifs (C(OH)–C–C–N with tert-alkyl or cyclic N) is 1. The van der Waals surface area contributed by atoms with Crippen LogP contribution in [0, 0.1) is 12.3 Å². The summed E-state index contributed by atoms with van der Waals surface area (Å²) in [5.74, 6) is -0.739. The number of carbonyl (C=O) groups is 4. The monoisotopic (exact) mass is 823 g/mol. The number of fused-ring (bicyclic) bond motifs is 1. The van der Waals surface area contributed by atoms with Gasteiger partial charge in [-0.1, -0.05) is 81.9 Å². The number of anilines is 1. The third-order valence-corrected chi connectivity index (χ3v) is 11.4. The van der Waals surface area contributed by atoms with E-state index in [1.165, 1.54) is 4.90 Å². The second-order valence-electron chi connectivity index (χ2n) is 15.9. The van der Waals surface area contributed by atoms with E-state index in [1.54, 1.807) is 16.2 Å². The number of nitrogens with one attached hydrogen (secondary N) is 2. The first-order valence-corrected chi connectivity index (χ1v) is 20.6. The fraction of sp³-hybridized carbons (Fsp3) is 0.400. The predicted octanol–water partition coefficient (Wildman–Crippen LogP) is 5.46. The van der Waals surface area contributed by atoms with Gasteiger partial charge in [-0.2, -0.15) is 0 Å². The number of para-hydroxylation sites is 1. The summed E-state index contributed by atoms with van der Waals surface area (Å²) in [4.78, 5) is 61.8. The molecular weight excluding hydrogens is 771 g/mol. The molecule has 1 aromatic heterocycles. The van der Waals surface area contributed by atoms with Gasteiger partial charge in [-0.05, 0) is 54.2 Å². The number of aliphatic hydroxyl groups is 1. The maximum Gasteiger partial charge on any atom is 0.258 e. The van der Waals surface area contributed by atoms with Gasteiger partial charge < -0.3 is 39.8 Å². The maximum atomic E-state index is 14.0. The highest BCUT2D eigenvalue weighted by Crippen LogP contribution is 2.36. The van der Waals surface area contributed by atoms with Crippen molar-refractivity contribution in [2.45, 2.75) is 71.8 Å². The third kappa shape index (κ3) is 10.6. The van der Waals surface area contributed by atoms with Crippen LogP contribution in [0.3, 0.4) is 0 Å². The fourth-order valence-corrected chi connectivity index (χ4v) is 8.02. The van der Waals surface area contributed by atoms with Gasteiger partial charge in [-0.15, -0.1) is 11.3 Å². The molecule has 3 aromatic carbocycles. The van der Waals surface area contributed by atoms with Crippen molar-refractivity contribution < 1.29 is 38.5 Å². The van der Waals surface area contributed by atoms with Gasteiger partial charge in [0.1, 0.15) is 31.0 Å². The van der Waals surface area contributed by atoms with E-state index in [-0.39, 0.29) is 50.6 Å². The predicted molar refractivity (Wildman–Crippen MR) is 227 cm³/mol. The average Bonchev–Trinajstić information content (AvgIpc) is 3.90. The Labute approximate surface area is 349 Å². The lowest BCUT2D eigenvalue weighted by atomic mass is 9.85. The van der Waals surface area contributed by atoms with Crippen LogP contribution >= 0.6 is 11.3 Å². The Kier molecular flexibility index (Phi) is 14.0. The van der Waals surface area contributed by atoms with E-state index in [0.29, 0.717) is 31.1 Å². The topological polar surface area (TPSA) is 160 Å². The zero-order valence-corrected chi connectivity index (χ0v) is 35.1. The molecule has 0 radical (unpaired) electrons. The molecule has 2 aliphatic rings. The summed E-state index contributed by atoms with van der Waals surface area (Å²) >= 11 is 1.57. The van der Waals surface area contributed by atoms with E-state index >= 15 is 0 Å². The molecule has 4 atom stereocenters. The minimum Gasteiger partial charge on any atom is -0.491 e. The largest absolute Gasteiger partial charge is 0.491 e. The number of thiazole rings is 1. The maximum absolute atomic E-state index is 14.0. The van der Waals surface area contributed by atoms with Gasteiger partial charge in [0, 0.05) is 24.1 Å². The smallest absolute Gasteiger partial charge is 0.258 e. The molecule has 6 rings (SSSR count). The Morgan fingerprint density at radius 1 is 0.966 bits per heavy atom. The minimum atomic E-state index is -0.971. The van der Waals surface area contributed by atoms with E-state index in [9.17, 15) is 24.3 Å². The first-order valence-electron chi connectivity index (χ1n) is 19.8. The number of hydrogen-bond acceptors (Lipinski definition) is 10. The van der Waals surface area contributed by atoms with Crippen LogP contribution < -0.4 is 20.3 Å². The SMILES string of the molecule is C=C1C(=O)N(Cc2ccc(OCCOCCOCC(=O)N[C@H](C(=O)N3C[C@H](O)C[C@H]3C(=O)N[C@@H](C)c3ccc(-c4scnc4C)cc3)C(C)(C)C)cc2)c2ccccc21. The number of aliphatic hydroxyl groups excluding tert-OH is 1. The van der Waals surface area contributed by atoms with Gasteiger partial charge in [0.15, 0.2) is 0 Å². The molecule has 2 aliphatic heterocycles. The number of benzene rings is 3. The standard InChI is InChI=1S/C45H53N5O8S/c1-28-36-9-7-8-10-37(36)49(43(28)54)24-31-11-17-35(18-12-31)58-22-21-56-19-20-57-26-39(52)48-41(45(4,5)6)44(55)50-25-34(51)23-38(50)42(53)47-29(2)32-13-15-33(16-14-32)40-30(3)46-27-59-40/h7-18,27,29,34,38,41,51H,1,19-26H2,2-6H3,(H,47,53)(H,48,52)/t29-,34+,38-,41+/m0/s1. The van der Waals surface area contributed by atoms with Gasteiger partial charge >= 0.3 is 0 Å². The number of amides is 4. The van der Waals surface area contributed by atoms with E-state index in [4.69, 9.17) is 14.2 Å². The average molecular weight is 824 g/mol. The van der Waals surface area contributed by atoms with Crippen molar-refractivity contribution in [2.24, 2.45) is 5.41 Å². The zero-order chi connectivity index (χ0) is 42.3. The Hall–Kier alpha value is -5.41. The van der Waals surface area contributed by atoms with Crippen molar-refractivity contribution in [3.8, 4) is 16.2 Å². The molecule has 59 heavy (non-hydrogen) atoms. The van der Waals surface area contributed by atoms with Crippen LogP contribution in [0.5, 0.6) is 5.75 Å². The van der Waals surface area contributed by atoms with E-state index in [0.717, 1.165) is 38.5 Å². The third-order valence-electron chi connectivity index (χ3n) is 10.4. The molecule has 1 saturated heterocycles. The van der Waals surface area contributed by atoms with Crippen molar-refractivity contribution in [1.29, 1.82) is 0 Å². The summed E-state index contributed by atoms with van der Waals surface area (Å²) in [7, 11) is 0. The Morgan fingerprint density at radius 2 is 1.66 bits per heavy atom. The number of likely N-dealkylation sites (tertiary alicyclic amines) is 1. The number of aryl methyl sites for hydroxylation is 1. The van der Waals surface area contributed by atoms with Crippen molar-refractivity contribution in [3.05, 3.63) is 107 Å². The molecule has 13 nitrogen and oxygen atoms in total. The second kappa shape index (κ2) is 19.1. The van der Waals surface area contributed by atoms with Crippen molar-refractivity contribution in [2.75, 3.05) is 44.5 Å². The summed E-state index contributed by atoms with van der Waals surface area (Å²) in [6, 6.07) is 20.9. The summed E-state index contributed by atoms with van der Waals surface area (Å²) in [5.41, 5.74) is 7.19. The van der Waals surface area contributed by atoms with Crippen LogP contribution in [0.2, 0.25) is 0 Å². The van der Waals surface area contributed by atoms with Crippen LogP contribution in [0.15, 0.2) is 84.9 Å². The summed E-state index contributed by atoms with van der Waals surface area (Å²) in [6.45, 7) is 14.4. The highest BCUT2D eigenvalue weighted by molar-refractivity contribution is 7.13. The van der Waals surface area contributed by atoms with E-state index in [1.807, 2.05) is 113 Å². The van der Waals surface area contributed by atoms with Crippen LogP contribution in [0.25, 0.3) is 16.0 Å². The normalized spacial score (nSPS) is 17.5. The molecule has 0 bridgehead atoms. The van der Waals surface area contributed by atoms with Gasteiger partial charge in [0.2, 0.25) is 17.7 Å². The molecule has 312 valence electrons. The van der Waals surface area contributed by atoms with Gasteiger partial charge in [0.25, 0.3) is 5.91 Å². The lowest BCUT2D eigenvalue weighted by molar-refractivity contribution is -0.144. The molecule has 0 aliphatic carbocycles. The van der Waals surface area contributed by atoms with E-state index < -0.39 is 35.4 Å². The number of aromatic nitrogens is 1. The Morgan fingerprint density at radius 3 is 2.36 bits per heavy atom. The molecule has 4 amide bonds. The second-order valence-corrected chi connectivity index (χ2v) is 16.8. The van der Waals surface area contributed by atoms with Gasteiger partial charge in [-0.25, -0.2) is 4.98 Å². The number of rotatable bonds is 17. The molecule has 4 aromatic rings. The van der Waals surface area contributed by atoms with Crippen LogP contribution in [0.4, 0.5) is 5.69 Å². The molecular formula is C45H53N5O8S. The van der Waals surface area contributed by atoms with Crippen molar-refractivity contribution in [3.63, 3.8) is 0 Å². The number of nitrogens with zero attached hydrogens (tertiary/aromatic N) is 3. The molecule has 3 N–H and O–H groups in total.